The number of hydrogen-bond acceptors (Lipinski definition) is 4. The molecule has 0 saturated carbocycles. The second-order valence-electron chi connectivity index (χ2n) is 4.87. The van der Waals surface area contributed by atoms with Crippen LogP contribution in [0.2, 0.25) is 0 Å². The van der Waals surface area contributed by atoms with Gasteiger partial charge in [0.05, 0.1) is 0 Å². The van der Waals surface area contributed by atoms with Crippen molar-refractivity contribution in [2.45, 2.75) is 25.6 Å². The summed E-state index contributed by atoms with van der Waals surface area (Å²) in [6.07, 6.45) is -0.392. The quantitative estimate of drug-likeness (QED) is 0.780. The van der Waals surface area contributed by atoms with Crippen LogP contribution in [-0.2, 0) is 14.9 Å². The Balaban J connectivity index is 2.32. The molecular weight excluding hydrogens is 258 g/mol. The number of benzene rings is 1. The molecule has 1 aromatic carbocycles. The summed E-state index contributed by atoms with van der Waals surface area (Å²) in [7, 11) is 3.24. The molecule has 0 fully saturated rings. The fourth-order valence-corrected chi connectivity index (χ4v) is 2.96. The number of nitrogens with zero attached hydrogens (tertiary/aromatic N) is 1. The Morgan fingerprint density at radius 3 is 2.32 bits per heavy atom. The van der Waals surface area contributed by atoms with Crippen LogP contribution in [0.4, 0.5) is 0 Å². The van der Waals surface area contributed by atoms with E-state index >= 15 is 0 Å². The fraction of sp³-hybridized carbons (Fsp3) is 0.400. The molecule has 0 N–H and O–H groups in total. The third-order valence-corrected chi connectivity index (χ3v) is 4.41. The summed E-state index contributed by atoms with van der Waals surface area (Å²) in [5.74, 6) is 0. The maximum absolute atomic E-state index is 5.24. The van der Waals surface area contributed by atoms with E-state index in [1.807, 2.05) is 11.4 Å². The summed E-state index contributed by atoms with van der Waals surface area (Å²) in [5, 5.41) is 3.06. The van der Waals surface area contributed by atoms with Gasteiger partial charge in [-0.2, -0.15) is 0 Å². The molecule has 0 aliphatic carbocycles. The monoisotopic (exact) mass is 277 g/mol. The number of thiazole rings is 1. The van der Waals surface area contributed by atoms with Crippen molar-refractivity contribution >= 4 is 11.3 Å². The molecule has 0 radical (unpaired) electrons. The zero-order valence-corrected chi connectivity index (χ0v) is 12.5. The minimum absolute atomic E-state index is 0.115. The highest BCUT2D eigenvalue weighted by atomic mass is 32.1. The van der Waals surface area contributed by atoms with E-state index < -0.39 is 6.29 Å². The minimum atomic E-state index is -0.392. The van der Waals surface area contributed by atoms with E-state index in [1.54, 1.807) is 25.6 Å². The van der Waals surface area contributed by atoms with Crippen LogP contribution in [0, 0.1) is 0 Å². The van der Waals surface area contributed by atoms with E-state index in [-0.39, 0.29) is 5.41 Å². The Kier molecular flexibility index (Phi) is 4.34. The van der Waals surface area contributed by atoms with Gasteiger partial charge in [-0.1, -0.05) is 30.3 Å². The Hall–Kier alpha value is -1.23. The molecule has 2 aromatic rings. The average molecular weight is 277 g/mol. The van der Waals surface area contributed by atoms with Gasteiger partial charge in [-0.15, -0.1) is 11.3 Å². The number of methoxy groups -OCH3 is 2. The van der Waals surface area contributed by atoms with Crippen LogP contribution >= 0.6 is 11.3 Å². The highest BCUT2D eigenvalue weighted by Crippen LogP contribution is 2.34. The van der Waals surface area contributed by atoms with E-state index in [9.17, 15) is 0 Å². The van der Waals surface area contributed by atoms with Gasteiger partial charge in [0.15, 0.2) is 0 Å². The van der Waals surface area contributed by atoms with Gasteiger partial charge < -0.3 is 9.47 Å². The van der Waals surface area contributed by atoms with Crippen LogP contribution < -0.4 is 0 Å². The maximum Gasteiger partial charge on any atom is 0.201 e. The summed E-state index contributed by atoms with van der Waals surface area (Å²) in [4.78, 5) is 4.67. The molecule has 0 unspecified atom stereocenters. The predicted octanol–water partition coefficient (Wildman–Crippen LogP) is 3.76. The molecule has 0 bridgehead atoms. The molecular formula is C15H19NO2S. The van der Waals surface area contributed by atoms with Crippen molar-refractivity contribution in [2.24, 2.45) is 0 Å². The third-order valence-electron chi connectivity index (χ3n) is 3.22. The molecule has 3 nitrogen and oxygen atoms in total. The number of hydrogen-bond donors (Lipinski definition) is 0. The van der Waals surface area contributed by atoms with Gasteiger partial charge >= 0.3 is 0 Å². The lowest BCUT2D eigenvalue weighted by Crippen LogP contribution is -2.19. The first-order chi connectivity index (χ1) is 9.09. The van der Waals surface area contributed by atoms with Crippen LogP contribution in [0.1, 0.15) is 36.4 Å². The topological polar surface area (TPSA) is 31.4 Å². The molecule has 0 aliphatic rings. The lowest BCUT2D eigenvalue weighted by Gasteiger charge is -2.22. The van der Waals surface area contributed by atoms with Crippen LogP contribution in [-0.4, -0.2) is 19.2 Å². The zero-order chi connectivity index (χ0) is 13.9. The highest BCUT2D eigenvalue weighted by Gasteiger charge is 2.27. The van der Waals surface area contributed by atoms with Crippen molar-refractivity contribution in [1.82, 2.24) is 4.98 Å². The van der Waals surface area contributed by atoms with Gasteiger partial charge in [0.1, 0.15) is 10.7 Å². The van der Waals surface area contributed by atoms with Crippen molar-refractivity contribution in [1.29, 1.82) is 0 Å². The summed E-state index contributed by atoms with van der Waals surface area (Å²) in [6.45, 7) is 4.36. The zero-order valence-electron chi connectivity index (χ0n) is 11.7. The van der Waals surface area contributed by atoms with Crippen molar-refractivity contribution in [2.75, 3.05) is 14.2 Å². The summed E-state index contributed by atoms with van der Waals surface area (Å²) >= 11 is 1.64. The first-order valence-electron chi connectivity index (χ1n) is 6.16. The van der Waals surface area contributed by atoms with Gasteiger partial charge in [0, 0.05) is 25.0 Å². The predicted molar refractivity (Wildman–Crippen MR) is 77.4 cm³/mol. The minimum Gasteiger partial charge on any atom is -0.350 e. The molecule has 1 heterocycles. The van der Waals surface area contributed by atoms with E-state index in [0.29, 0.717) is 0 Å². The highest BCUT2D eigenvalue weighted by molar-refractivity contribution is 7.09. The van der Waals surface area contributed by atoms with Crippen molar-refractivity contribution in [3.63, 3.8) is 0 Å². The van der Waals surface area contributed by atoms with E-state index in [0.717, 1.165) is 10.7 Å². The van der Waals surface area contributed by atoms with E-state index in [1.165, 1.54) is 5.56 Å². The first kappa shape index (κ1) is 14.2. The Bertz CT molecular complexity index is 518. The van der Waals surface area contributed by atoms with Crippen molar-refractivity contribution < 1.29 is 9.47 Å². The maximum atomic E-state index is 5.24. The summed E-state index contributed by atoms with van der Waals surface area (Å²) < 4.78 is 10.5. The van der Waals surface area contributed by atoms with Crippen LogP contribution in [0.3, 0.4) is 0 Å². The lowest BCUT2D eigenvalue weighted by atomic mass is 9.85. The van der Waals surface area contributed by atoms with Crippen LogP contribution in [0.25, 0.3) is 0 Å². The Morgan fingerprint density at radius 2 is 1.74 bits per heavy atom. The molecule has 102 valence electrons. The van der Waals surface area contributed by atoms with Gasteiger partial charge in [0.25, 0.3) is 0 Å². The molecule has 19 heavy (non-hydrogen) atoms. The molecule has 4 heteroatoms. The molecule has 0 saturated heterocycles. The summed E-state index contributed by atoms with van der Waals surface area (Å²) in [5.41, 5.74) is 1.97. The SMILES string of the molecule is COC(OC)c1csc(C(C)(C)c2ccccc2)n1. The van der Waals surface area contributed by atoms with Gasteiger partial charge in [-0.3, -0.25) is 0 Å². The number of rotatable bonds is 5. The number of ether oxygens (including phenoxy) is 2. The molecule has 0 amide bonds. The van der Waals surface area contributed by atoms with Crippen LogP contribution in [0.5, 0.6) is 0 Å². The van der Waals surface area contributed by atoms with Crippen molar-refractivity contribution in [3.8, 4) is 0 Å². The second-order valence-corrected chi connectivity index (χ2v) is 5.73. The molecule has 1 aromatic heterocycles. The first-order valence-corrected chi connectivity index (χ1v) is 7.04. The number of aromatic nitrogens is 1. The molecule has 0 aliphatic heterocycles. The Labute approximate surface area is 118 Å². The van der Waals surface area contributed by atoms with Crippen LogP contribution in [0.15, 0.2) is 35.7 Å². The Morgan fingerprint density at radius 1 is 1.11 bits per heavy atom. The normalized spacial score (nSPS) is 12.1. The summed E-state index contributed by atoms with van der Waals surface area (Å²) in [6, 6.07) is 10.4. The molecule has 0 spiro atoms. The molecule has 0 atom stereocenters. The van der Waals surface area contributed by atoms with Gasteiger partial charge in [-0.05, 0) is 19.4 Å². The fourth-order valence-electron chi connectivity index (χ4n) is 2.00. The second kappa shape index (κ2) is 5.82. The standard InChI is InChI=1S/C15H19NO2S/c1-15(2,11-8-6-5-7-9-11)14-16-12(10-19-14)13(17-3)18-4/h5-10,13H,1-4H3. The third kappa shape index (κ3) is 2.86. The van der Waals surface area contributed by atoms with Crippen molar-refractivity contribution in [3.05, 3.63) is 52.0 Å². The molecule has 2 rings (SSSR count). The van der Waals surface area contributed by atoms with E-state index in [4.69, 9.17) is 9.47 Å². The largest absolute Gasteiger partial charge is 0.350 e. The average Bonchev–Trinajstić information content (AvgIpc) is 2.92. The smallest absolute Gasteiger partial charge is 0.201 e. The van der Waals surface area contributed by atoms with E-state index in [2.05, 4.69) is 43.1 Å². The lowest BCUT2D eigenvalue weighted by molar-refractivity contribution is -0.108. The van der Waals surface area contributed by atoms with Gasteiger partial charge in [0.2, 0.25) is 6.29 Å². The van der Waals surface area contributed by atoms with Gasteiger partial charge in [-0.25, -0.2) is 4.98 Å².